The van der Waals surface area contributed by atoms with Gasteiger partial charge >= 0.3 is 0 Å². The van der Waals surface area contributed by atoms with Crippen molar-refractivity contribution in [3.8, 4) is 67.5 Å². The molecule has 4 nitrogen and oxygen atoms in total. The number of furan rings is 1. The fraction of sp³-hybridized carbons (Fsp3) is 0. The second-order valence-corrected chi connectivity index (χ2v) is 15.6. The first-order valence-electron chi connectivity index (χ1n) is 20.6. The van der Waals surface area contributed by atoms with Gasteiger partial charge in [-0.15, -0.1) is 0 Å². The van der Waals surface area contributed by atoms with Gasteiger partial charge in [0.15, 0.2) is 17.5 Å². The number of hydrogen-bond donors (Lipinski definition) is 0. The van der Waals surface area contributed by atoms with Gasteiger partial charge in [-0.25, -0.2) is 15.0 Å². The highest BCUT2D eigenvalue weighted by atomic mass is 16.3. The maximum absolute atomic E-state index is 6.47. The Labute approximate surface area is 352 Å². The molecule has 12 aromatic rings. The molecule has 0 aliphatic rings. The summed E-state index contributed by atoms with van der Waals surface area (Å²) < 4.78 is 6.47. The number of nitrogens with zero attached hydrogens (tertiary/aromatic N) is 3. The molecule has 0 atom stereocenters. The Hall–Kier alpha value is -8.21. The molecule has 0 fully saturated rings. The topological polar surface area (TPSA) is 51.8 Å². The van der Waals surface area contributed by atoms with Crippen LogP contribution in [-0.4, -0.2) is 15.0 Å². The largest absolute Gasteiger partial charge is 0.456 e. The first-order valence-corrected chi connectivity index (χ1v) is 20.6. The molecule has 0 saturated heterocycles. The fourth-order valence-corrected chi connectivity index (χ4v) is 8.71. The summed E-state index contributed by atoms with van der Waals surface area (Å²) in [6, 6.07) is 74.9. The van der Waals surface area contributed by atoms with Crippen molar-refractivity contribution in [2.24, 2.45) is 0 Å². The zero-order chi connectivity index (χ0) is 40.3. The normalized spacial score (nSPS) is 11.6. The molecule has 61 heavy (non-hydrogen) atoms. The van der Waals surface area contributed by atoms with Crippen LogP contribution in [0.5, 0.6) is 0 Å². The van der Waals surface area contributed by atoms with Gasteiger partial charge in [0.25, 0.3) is 0 Å². The molecule has 0 aliphatic heterocycles. The summed E-state index contributed by atoms with van der Waals surface area (Å²) in [5.41, 5.74) is 11.5. The number of benzene rings is 10. The summed E-state index contributed by atoms with van der Waals surface area (Å²) in [5, 5.41) is 9.06. The Bertz CT molecular complexity index is 3550. The van der Waals surface area contributed by atoms with Gasteiger partial charge in [-0.1, -0.05) is 170 Å². The molecule has 284 valence electrons. The Kier molecular flexibility index (Phi) is 8.13. The molecular formula is C57H35N3O. The monoisotopic (exact) mass is 777 g/mol. The third kappa shape index (κ3) is 6.30. The quantitative estimate of drug-likeness (QED) is 0.169. The highest BCUT2D eigenvalue weighted by molar-refractivity contribution is 6.14. The highest BCUT2D eigenvalue weighted by Gasteiger charge is 2.17. The molecule has 0 radical (unpaired) electrons. The van der Waals surface area contributed by atoms with E-state index >= 15 is 0 Å². The van der Waals surface area contributed by atoms with E-state index < -0.39 is 0 Å². The lowest BCUT2D eigenvalue weighted by Gasteiger charge is -2.11. The summed E-state index contributed by atoms with van der Waals surface area (Å²) in [6.07, 6.45) is 0. The van der Waals surface area contributed by atoms with Crippen molar-refractivity contribution in [2.45, 2.75) is 0 Å². The molecule has 0 unspecified atom stereocenters. The Balaban J connectivity index is 0.962. The molecular weight excluding hydrogens is 743 g/mol. The van der Waals surface area contributed by atoms with Crippen LogP contribution in [0, 0.1) is 0 Å². The number of fused-ring (bicyclic) bond motifs is 6. The van der Waals surface area contributed by atoms with Gasteiger partial charge < -0.3 is 4.42 Å². The van der Waals surface area contributed by atoms with Gasteiger partial charge in [0, 0.05) is 27.5 Å². The molecule has 0 aliphatic carbocycles. The van der Waals surface area contributed by atoms with E-state index in [4.69, 9.17) is 19.4 Å². The second-order valence-electron chi connectivity index (χ2n) is 15.6. The lowest BCUT2D eigenvalue weighted by molar-refractivity contribution is 0.669. The molecule has 0 bridgehead atoms. The molecule has 4 heteroatoms. The minimum absolute atomic E-state index is 0.626. The van der Waals surface area contributed by atoms with Crippen molar-refractivity contribution in [1.82, 2.24) is 15.0 Å². The fourth-order valence-electron chi connectivity index (χ4n) is 8.71. The lowest BCUT2D eigenvalue weighted by Crippen LogP contribution is -2.00. The SMILES string of the molecule is c1ccc(-c2ccc(-c3ccc4oc5cccc(-c6ccc7ccc(-c8nc(-c9ccc%10ccccc%10c9)nc(-c9ccc%10ccccc%10c9)n8)cc7c6)c5c4c3)cc2)cc1. The van der Waals surface area contributed by atoms with Crippen LogP contribution >= 0.6 is 0 Å². The first-order chi connectivity index (χ1) is 30.2. The van der Waals surface area contributed by atoms with E-state index in [0.29, 0.717) is 17.5 Å². The summed E-state index contributed by atoms with van der Waals surface area (Å²) in [6.45, 7) is 0. The van der Waals surface area contributed by atoms with Crippen molar-refractivity contribution in [2.75, 3.05) is 0 Å². The Morgan fingerprint density at radius 2 is 0.705 bits per heavy atom. The summed E-state index contributed by atoms with van der Waals surface area (Å²) >= 11 is 0. The van der Waals surface area contributed by atoms with Crippen LogP contribution in [0.25, 0.3) is 122 Å². The standard InChI is InChI=1S/C57H35N3O/c1-2-9-36(10-3-1)39-17-19-40(20-18-39)44-29-30-52-51(35-44)54-50(15-8-16-53(54)61-52)45-25-21-41-24-28-48(34-49(41)33-45)57-59-55(46-26-22-37-11-4-6-13-42(37)31-46)58-56(60-57)47-27-23-38-12-5-7-14-43(38)32-47/h1-35H. The van der Waals surface area contributed by atoms with E-state index in [-0.39, 0.29) is 0 Å². The zero-order valence-corrected chi connectivity index (χ0v) is 33.0. The maximum Gasteiger partial charge on any atom is 0.164 e. The molecule has 0 saturated carbocycles. The van der Waals surface area contributed by atoms with Gasteiger partial charge in [-0.05, 0) is 108 Å². The van der Waals surface area contributed by atoms with Gasteiger partial charge in [-0.2, -0.15) is 0 Å². The average molecular weight is 778 g/mol. The van der Waals surface area contributed by atoms with Gasteiger partial charge in [0.1, 0.15) is 11.2 Å². The van der Waals surface area contributed by atoms with Crippen molar-refractivity contribution in [3.05, 3.63) is 212 Å². The van der Waals surface area contributed by atoms with E-state index in [2.05, 4.69) is 212 Å². The lowest BCUT2D eigenvalue weighted by atomic mass is 9.95. The number of rotatable bonds is 6. The summed E-state index contributed by atoms with van der Waals surface area (Å²) in [4.78, 5) is 15.4. The van der Waals surface area contributed by atoms with Crippen LogP contribution in [0.2, 0.25) is 0 Å². The van der Waals surface area contributed by atoms with Crippen LogP contribution in [0.4, 0.5) is 0 Å². The number of aromatic nitrogens is 3. The highest BCUT2D eigenvalue weighted by Crippen LogP contribution is 2.40. The molecule has 0 amide bonds. The van der Waals surface area contributed by atoms with Crippen LogP contribution in [0.15, 0.2) is 217 Å². The predicted molar refractivity (Wildman–Crippen MR) is 252 cm³/mol. The molecule has 0 spiro atoms. The van der Waals surface area contributed by atoms with Gasteiger partial charge in [0.2, 0.25) is 0 Å². The van der Waals surface area contributed by atoms with Crippen LogP contribution in [0.1, 0.15) is 0 Å². The van der Waals surface area contributed by atoms with Crippen molar-refractivity contribution >= 4 is 54.3 Å². The predicted octanol–water partition coefficient (Wildman–Crippen LogP) is 15.2. The summed E-state index contributed by atoms with van der Waals surface area (Å²) in [5.74, 6) is 1.90. The van der Waals surface area contributed by atoms with E-state index in [9.17, 15) is 0 Å². The number of hydrogen-bond acceptors (Lipinski definition) is 4. The van der Waals surface area contributed by atoms with Crippen LogP contribution < -0.4 is 0 Å². The van der Waals surface area contributed by atoms with E-state index in [1.165, 1.54) is 21.9 Å². The van der Waals surface area contributed by atoms with Crippen molar-refractivity contribution in [1.29, 1.82) is 0 Å². The third-order valence-corrected chi connectivity index (χ3v) is 11.9. The van der Waals surface area contributed by atoms with Crippen LogP contribution in [0.3, 0.4) is 0 Å². The molecule has 0 N–H and O–H groups in total. The minimum atomic E-state index is 0.626. The first kappa shape index (κ1) is 34.8. The Morgan fingerprint density at radius 3 is 1.31 bits per heavy atom. The smallest absolute Gasteiger partial charge is 0.164 e. The van der Waals surface area contributed by atoms with E-state index in [0.717, 1.165) is 82.4 Å². The maximum atomic E-state index is 6.47. The second kappa shape index (κ2) is 14.3. The zero-order valence-electron chi connectivity index (χ0n) is 33.0. The average Bonchev–Trinajstić information content (AvgIpc) is 3.72. The molecule has 12 rings (SSSR count). The molecule has 10 aromatic carbocycles. The third-order valence-electron chi connectivity index (χ3n) is 11.9. The molecule has 2 heterocycles. The van der Waals surface area contributed by atoms with E-state index in [1.807, 2.05) is 0 Å². The van der Waals surface area contributed by atoms with Crippen LogP contribution in [-0.2, 0) is 0 Å². The van der Waals surface area contributed by atoms with Gasteiger partial charge in [-0.3, -0.25) is 0 Å². The molecule has 2 aromatic heterocycles. The minimum Gasteiger partial charge on any atom is -0.456 e. The van der Waals surface area contributed by atoms with Gasteiger partial charge in [0.05, 0.1) is 0 Å². The Morgan fingerprint density at radius 1 is 0.262 bits per heavy atom. The summed E-state index contributed by atoms with van der Waals surface area (Å²) in [7, 11) is 0. The van der Waals surface area contributed by atoms with E-state index in [1.54, 1.807) is 0 Å². The van der Waals surface area contributed by atoms with Crippen molar-refractivity contribution in [3.63, 3.8) is 0 Å². The van der Waals surface area contributed by atoms with Crippen molar-refractivity contribution < 1.29 is 4.42 Å².